The second-order valence-electron chi connectivity index (χ2n) is 11.8. The van der Waals surface area contributed by atoms with Crippen molar-refractivity contribution in [3.63, 3.8) is 0 Å². The molecule has 0 aromatic heterocycles. The van der Waals surface area contributed by atoms with E-state index in [4.69, 9.17) is 0 Å². The molecule has 10 nitrogen and oxygen atoms in total. The standard InChI is InChI=1S/C38H34N4O6/c43-33(31(23-25-13-3-1-4-14-25)41-35(45)27-17-7-8-18-28(27)36(41)46)39-21-11-12-22-40-34(44)32(24-26-15-5-2-6-16-26)42-37(47)29-19-9-10-20-30(29)38(42)48/h1-10,13-20,31-32H,11-12,21-24H2,(H,39,43)(H,40,44)/t31-,32-/m0/s1. The van der Waals surface area contributed by atoms with Gasteiger partial charge in [0.15, 0.2) is 0 Å². The van der Waals surface area contributed by atoms with E-state index in [2.05, 4.69) is 10.6 Å². The molecule has 4 aromatic rings. The molecule has 6 rings (SSSR count). The minimum absolute atomic E-state index is 0.162. The van der Waals surface area contributed by atoms with E-state index in [0.717, 1.165) is 20.9 Å². The lowest BCUT2D eigenvalue weighted by Gasteiger charge is -2.26. The van der Waals surface area contributed by atoms with E-state index < -0.39 is 47.5 Å². The van der Waals surface area contributed by atoms with E-state index in [0.29, 0.717) is 12.8 Å². The van der Waals surface area contributed by atoms with Gasteiger partial charge in [-0.1, -0.05) is 84.9 Å². The monoisotopic (exact) mass is 642 g/mol. The van der Waals surface area contributed by atoms with Crippen molar-refractivity contribution in [2.24, 2.45) is 0 Å². The summed E-state index contributed by atoms with van der Waals surface area (Å²) in [6.45, 7) is 0.490. The smallest absolute Gasteiger partial charge is 0.262 e. The first-order chi connectivity index (χ1) is 23.3. The first-order valence-corrected chi connectivity index (χ1v) is 15.9. The molecule has 2 N–H and O–H groups in total. The van der Waals surface area contributed by atoms with Crippen molar-refractivity contribution in [2.45, 2.75) is 37.8 Å². The van der Waals surface area contributed by atoms with Gasteiger partial charge in [0.05, 0.1) is 22.3 Å². The highest BCUT2D eigenvalue weighted by molar-refractivity contribution is 6.23. The molecule has 48 heavy (non-hydrogen) atoms. The minimum atomic E-state index is -1.04. The van der Waals surface area contributed by atoms with E-state index in [1.165, 1.54) is 0 Å². The SMILES string of the molecule is O=C(NCCCCNC(=O)[C@H](Cc1ccccc1)N1C(=O)c2ccccc2C1=O)[C@H](Cc1ccccc1)N1C(=O)c2ccccc2C1=O. The minimum Gasteiger partial charge on any atom is -0.354 e. The van der Waals surface area contributed by atoms with Gasteiger partial charge in [-0.05, 0) is 48.2 Å². The van der Waals surface area contributed by atoms with Gasteiger partial charge in [0.2, 0.25) is 11.8 Å². The van der Waals surface area contributed by atoms with Crippen LogP contribution in [0, 0.1) is 0 Å². The van der Waals surface area contributed by atoms with Crippen molar-refractivity contribution in [1.82, 2.24) is 20.4 Å². The summed E-state index contributed by atoms with van der Waals surface area (Å²) in [7, 11) is 0. The molecule has 0 aliphatic carbocycles. The molecule has 0 fully saturated rings. The fourth-order valence-corrected chi connectivity index (χ4v) is 6.17. The van der Waals surface area contributed by atoms with Gasteiger partial charge in [-0.25, -0.2) is 0 Å². The first kappa shape index (κ1) is 32.1. The highest BCUT2D eigenvalue weighted by Crippen LogP contribution is 2.27. The van der Waals surface area contributed by atoms with Gasteiger partial charge in [0.25, 0.3) is 23.6 Å². The molecule has 6 amide bonds. The first-order valence-electron chi connectivity index (χ1n) is 15.9. The number of carbonyl (C=O) groups excluding carboxylic acids is 6. The number of benzene rings is 4. The Morgan fingerprint density at radius 3 is 1.06 bits per heavy atom. The average molecular weight is 643 g/mol. The van der Waals surface area contributed by atoms with E-state index >= 15 is 0 Å². The molecule has 0 saturated heterocycles. The molecule has 0 radical (unpaired) electrons. The Bertz CT molecular complexity index is 1670. The maximum atomic E-state index is 13.5. The number of carbonyl (C=O) groups is 6. The Hall–Kier alpha value is -5.90. The van der Waals surface area contributed by atoms with Gasteiger partial charge in [-0.3, -0.25) is 38.6 Å². The third kappa shape index (κ3) is 6.50. The summed E-state index contributed by atoms with van der Waals surface area (Å²) >= 11 is 0. The summed E-state index contributed by atoms with van der Waals surface area (Å²) in [5.41, 5.74) is 2.71. The van der Waals surface area contributed by atoms with Gasteiger partial charge >= 0.3 is 0 Å². The molecule has 242 valence electrons. The van der Waals surface area contributed by atoms with Crippen LogP contribution in [0.1, 0.15) is 65.4 Å². The third-order valence-corrected chi connectivity index (χ3v) is 8.63. The Morgan fingerprint density at radius 2 is 0.750 bits per heavy atom. The summed E-state index contributed by atoms with van der Waals surface area (Å²) in [6, 6.07) is 29.4. The topological polar surface area (TPSA) is 133 Å². The average Bonchev–Trinajstić information content (AvgIpc) is 3.52. The highest BCUT2D eigenvalue weighted by atomic mass is 16.2. The van der Waals surface area contributed by atoms with Crippen LogP contribution in [0.2, 0.25) is 0 Å². The number of fused-ring (bicyclic) bond motifs is 2. The molecular weight excluding hydrogens is 608 g/mol. The maximum absolute atomic E-state index is 13.5. The van der Waals surface area contributed by atoms with Gasteiger partial charge in [0.1, 0.15) is 12.1 Å². The molecule has 10 heteroatoms. The van der Waals surface area contributed by atoms with Gasteiger partial charge < -0.3 is 10.6 Å². The van der Waals surface area contributed by atoms with Crippen molar-refractivity contribution in [3.8, 4) is 0 Å². The highest BCUT2D eigenvalue weighted by Gasteiger charge is 2.44. The lowest BCUT2D eigenvalue weighted by Crippen LogP contribution is -2.51. The third-order valence-electron chi connectivity index (χ3n) is 8.63. The summed E-state index contributed by atoms with van der Waals surface area (Å²) in [4.78, 5) is 82.0. The Balaban J connectivity index is 1.06. The van der Waals surface area contributed by atoms with Gasteiger partial charge in [0, 0.05) is 25.9 Å². The second-order valence-corrected chi connectivity index (χ2v) is 11.8. The molecule has 0 spiro atoms. The summed E-state index contributed by atoms with van der Waals surface area (Å²) < 4.78 is 0. The molecule has 0 unspecified atom stereocenters. The number of unbranched alkanes of at least 4 members (excludes halogenated alkanes) is 1. The summed E-state index contributed by atoms with van der Waals surface area (Å²) in [5.74, 6) is -2.91. The maximum Gasteiger partial charge on any atom is 0.262 e. The zero-order valence-corrected chi connectivity index (χ0v) is 26.1. The van der Waals surface area contributed by atoms with Crippen LogP contribution in [-0.2, 0) is 22.4 Å². The van der Waals surface area contributed by atoms with Crippen LogP contribution in [-0.4, -0.2) is 70.4 Å². The molecule has 0 bridgehead atoms. The van der Waals surface area contributed by atoms with Crippen LogP contribution < -0.4 is 10.6 Å². The number of nitrogens with one attached hydrogen (secondary N) is 2. The Morgan fingerprint density at radius 1 is 0.458 bits per heavy atom. The number of rotatable bonds is 13. The quantitative estimate of drug-likeness (QED) is 0.168. The van der Waals surface area contributed by atoms with E-state index in [9.17, 15) is 28.8 Å². The van der Waals surface area contributed by atoms with E-state index in [1.807, 2.05) is 60.7 Å². The fraction of sp³-hybridized carbons (Fsp3) is 0.211. The number of hydrogen-bond acceptors (Lipinski definition) is 6. The molecule has 2 aliphatic rings. The zero-order valence-electron chi connectivity index (χ0n) is 26.1. The lowest BCUT2D eigenvalue weighted by atomic mass is 10.0. The molecular formula is C38H34N4O6. The predicted molar refractivity (Wildman–Crippen MR) is 177 cm³/mol. The predicted octanol–water partition coefficient (Wildman–Crippen LogP) is 3.81. The van der Waals surface area contributed by atoms with Crippen LogP contribution in [0.3, 0.4) is 0 Å². The molecule has 4 aromatic carbocycles. The van der Waals surface area contributed by atoms with Crippen molar-refractivity contribution < 1.29 is 28.8 Å². The van der Waals surface area contributed by atoms with Crippen molar-refractivity contribution in [3.05, 3.63) is 143 Å². The van der Waals surface area contributed by atoms with E-state index in [-0.39, 0.29) is 48.2 Å². The van der Waals surface area contributed by atoms with Crippen LogP contribution in [0.25, 0.3) is 0 Å². The van der Waals surface area contributed by atoms with E-state index in [1.54, 1.807) is 48.5 Å². The second kappa shape index (κ2) is 14.3. The fourth-order valence-electron chi connectivity index (χ4n) is 6.17. The van der Waals surface area contributed by atoms with Crippen molar-refractivity contribution in [2.75, 3.05) is 13.1 Å². The van der Waals surface area contributed by atoms with Crippen LogP contribution in [0.4, 0.5) is 0 Å². The van der Waals surface area contributed by atoms with Crippen LogP contribution >= 0.6 is 0 Å². The largest absolute Gasteiger partial charge is 0.354 e. The summed E-state index contributed by atoms with van der Waals surface area (Å²) in [5, 5.41) is 5.73. The Labute approximate surface area is 277 Å². The van der Waals surface area contributed by atoms with Crippen molar-refractivity contribution >= 4 is 35.4 Å². The number of hydrogen-bond donors (Lipinski definition) is 2. The number of imide groups is 2. The molecule has 0 saturated carbocycles. The van der Waals surface area contributed by atoms with Gasteiger partial charge in [-0.15, -0.1) is 0 Å². The Kier molecular flexibility index (Phi) is 9.52. The molecule has 2 atom stereocenters. The van der Waals surface area contributed by atoms with Gasteiger partial charge in [-0.2, -0.15) is 0 Å². The molecule has 2 aliphatic heterocycles. The normalized spacial score (nSPS) is 14.8. The van der Waals surface area contributed by atoms with Crippen LogP contribution in [0.15, 0.2) is 109 Å². The number of amides is 6. The lowest BCUT2D eigenvalue weighted by molar-refractivity contribution is -0.125. The van der Waals surface area contributed by atoms with Crippen molar-refractivity contribution in [1.29, 1.82) is 0 Å². The molecule has 2 heterocycles. The summed E-state index contributed by atoms with van der Waals surface area (Å²) in [6.07, 6.45) is 1.30. The van der Waals surface area contributed by atoms with Crippen LogP contribution in [0.5, 0.6) is 0 Å². The number of nitrogens with zero attached hydrogens (tertiary/aromatic N) is 2. The zero-order chi connectivity index (χ0) is 33.6.